The van der Waals surface area contributed by atoms with Gasteiger partial charge in [0.25, 0.3) is 0 Å². The molecule has 3 rings (SSSR count). The predicted molar refractivity (Wildman–Crippen MR) is 84.0 cm³/mol. The lowest BCUT2D eigenvalue weighted by Crippen LogP contribution is -2.12. The lowest BCUT2D eigenvalue weighted by Gasteiger charge is -2.14. The van der Waals surface area contributed by atoms with Crippen molar-refractivity contribution in [3.63, 3.8) is 0 Å². The van der Waals surface area contributed by atoms with Crippen LogP contribution in [0.1, 0.15) is 22.7 Å². The van der Waals surface area contributed by atoms with Crippen LogP contribution in [0.2, 0.25) is 5.02 Å². The Morgan fingerprint density at radius 3 is 2.65 bits per heavy atom. The van der Waals surface area contributed by atoms with Crippen LogP contribution in [0, 0.1) is 0 Å². The number of rotatable bonds is 2. The molecule has 0 bridgehead atoms. The molecule has 1 aliphatic heterocycles. The van der Waals surface area contributed by atoms with E-state index in [-0.39, 0.29) is 11.9 Å². The number of halogens is 2. The van der Waals surface area contributed by atoms with Gasteiger partial charge >= 0.3 is 0 Å². The molecule has 102 valence electrons. The van der Waals surface area contributed by atoms with Crippen molar-refractivity contribution in [2.24, 2.45) is 5.73 Å². The van der Waals surface area contributed by atoms with Crippen LogP contribution >= 0.6 is 27.5 Å². The fourth-order valence-electron chi connectivity index (χ4n) is 2.34. The van der Waals surface area contributed by atoms with Gasteiger partial charge in [0.2, 0.25) is 5.91 Å². The minimum absolute atomic E-state index is 0.0277. The Labute approximate surface area is 130 Å². The van der Waals surface area contributed by atoms with Crippen LogP contribution in [0.4, 0.5) is 5.69 Å². The summed E-state index contributed by atoms with van der Waals surface area (Å²) in [4.78, 5) is 11.4. The number of fused-ring (bicyclic) bond motifs is 1. The number of hydrogen-bond donors (Lipinski definition) is 2. The zero-order valence-corrected chi connectivity index (χ0v) is 12.8. The molecular weight excluding hydrogens is 340 g/mol. The lowest BCUT2D eigenvalue weighted by molar-refractivity contribution is -0.115. The first kappa shape index (κ1) is 13.6. The van der Waals surface area contributed by atoms with E-state index >= 15 is 0 Å². The highest BCUT2D eigenvalue weighted by Gasteiger charge is 2.19. The second kappa shape index (κ2) is 5.20. The van der Waals surface area contributed by atoms with E-state index in [4.69, 9.17) is 17.3 Å². The van der Waals surface area contributed by atoms with Crippen molar-refractivity contribution in [2.75, 3.05) is 5.32 Å². The van der Waals surface area contributed by atoms with E-state index in [9.17, 15) is 4.79 Å². The third-order valence-corrected chi connectivity index (χ3v) is 4.63. The molecule has 0 radical (unpaired) electrons. The second-order valence-corrected chi connectivity index (χ2v) is 6.05. The number of carbonyl (C=O) groups excluding carboxylic acids is 1. The van der Waals surface area contributed by atoms with Crippen molar-refractivity contribution >= 4 is 39.1 Å². The Morgan fingerprint density at radius 1 is 1.20 bits per heavy atom. The van der Waals surface area contributed by atoms with Crippen molar-refractivity contribution in [3.05, 3.63) is 62.6 Å². The summed E-state index contributed by atoms with van der Waals surface area (Å²) in [6.45, 7) is 0. The molecule has 1 heterocycles. The maximum atomic E-state index is 11.4. The summed E-state index contributed by atoms with van der Waals surface area (Å²) >= 11 is 9.39. The molecule has 3 N–H and O–H groups in total. The first-order valence-electron chi connectivity index (χ1n) is 6.18. The molecule has 3 nitrogen and oxygen atoms in total. The summed E-state index contributed by atoms with van der Waals surface area (Å²) in [6, 6.07) is 11.2. The molecule has 0 saturated carbocycles. The molecule has 5 heteroatoms. The molecule has 2 aromatic carbocycles. The highest BCUT2D eigenvalue weighted by molar-refractivity contribution is 9.10. The van der Waals surface area contributed by atoms with Crippen LogP contribution in [-0.4, -0.2) is 5.91 Å². The fourth-order valence-corrected chi connectivity index (χ4v) is 2.85. The van der Waals surface area contributed by atoms with Gasteiger partial charge in [-0.25, -0.2) is 0 Å². The van der Waals surface area contributed by atoms with Crippen LogP contribution in [0.3, 0.4) is 0 Å². The summed E-state index contributed by atoms with van der Waals surface area (Å²) in [5, 5.41) is 3.47. The van der Waals surface area contributed by atoms with Crippen molar-refractivity contribution in [1.82, 2.24) is 0 Å². The molecule has 1 atom stereocenters. The predicted octanol–water partition coefficient (Wildman–Crippen LogP) is 3.65. The number of nitrogens with two attached hydrogens (primary N) is 1. The van der Waals surface area contributed by atoms with Gasteiger partial charge in [-0.1, -0.05) is 29.8 Å². The van der Waals surface area contributed by atoms with Crippen LogP contribution in [0.25, 0.3) is 0 Å². The number of carbonyl (C=O) groups is 1. The minimum atomic E-state index is -0.246. The van der Waals surface area contributed by atoms with Crippen molar-refractivity contribution in [1.29, 1.82) is 0 Å². The molecule has 0 aromatic heterocycles. The van der Waals surface area contributed by atoms with Crippen LogP contribution in [0.5, 0.6) is 0 Å². The van der Waals surface area contributed by atoms with Gasteiger partial charge in [-0.2, -0.15) is 0 Å². The van der Waals surface area contributed by atoms with E-state index in [0.717, 1.165) is 26.9 Å². The number of hydrogen-bond acceptors (Lipinski definition) is 2. The third-order valence-electron chi connectivity index (χ3n) is 3.42. The summed E-state index contributed by atoms with van der Waals surface area (Å²) in [7, 11) is 0. The monoisotopic (exact) mass is 350 g/mol. The summed E-state index contributed by atoms with van der Waals surface area (Å²) in [6.07, 6.45) is 0.417. The SMILES string of the molecule is NC(c1ccc(Cl)c(Br)c1)c1ccc2c(c1)CC(=O)N2. The molecule has 1 amide bonds. The lowest BCUT2D eigenvalue weighted by atomic mass is 9.97. The molecule has 1 unspecified atom stereocenters. The first-order valence-corrected chi connectivity index (χ1v) is 7.35. The van der Waals surface area contributed by atoms with E-state index in [2.05, 4.69) is 21.2 Å². The Morgan fingerprint density at radius 2 is 1.90 bits per heavy atom. The van der Waals surface area contributed by atoms with Gasteiger partial charge in [-0.05, 0) is 50.8 Å². The van der Waals surface area contributed by atoms with E-state index in [1.165, 1.54) is 0 Å². The van der Waals surface area contributed by atoms with E-state index in [0.29, 0.717) is 11.4 Å². The standard InChI is InChI=1S/C15H12BrClN2O/c16-11-6-9(1-3-12(11)17)15(18)8-2-4-13-10(5-8)7-14(20)19-13/h1-6,15H,7,18H2,(H,19,20). The van der Waals surface area contributed by atoms with Crippen LogP contribution in [-0.2, 0) is 11.2 Å². The maximum absolute atomic E-state index is 11.4. The molecule has 0 spiro atoms. The molecule has 0 fully saturated rings. The maximum Gasteiger partial charge on any atom is 0.228 e. The molecule has 0 saturated heterocycles. The topological polar surface area (TPSA) is 55.1 Å². The molecule has 0 aliphatic carbocycles. The minimum Gasteiger partial charge on any atom is -0.326 e. The number of amides is 1. The van der Waals surface area contributed by atoms with Gasteiger partial charge in [-0.15, -0.1) is 0 Å². The van der Waals surface area contributed by atoms with Gasteiger partial charge in [0.05, 0.1) is 17.5 Å². The van der Waals surface area contributed by atoms with Crippen LogP contribution in [0.15, 0.2) is 40.9 Å². The van der Waals surface area contributed by atoms with E-state index in [1.54, 1.807) is 0 Å². The highest BCUT2D eigenvalue weighted by Crippen LogP contribution is 2.31. The Bertz CT molecular complexity index is 702. The van der Waals surface area contributed by atoms with Gasteiger partial charge in [0, 0.05) is 10.2 Å². The molecule has 20 heavy (non-hydrogen) atoms. The van der Waals surface area contributed by atoms with Gasteiger partial charge in [0.1, 0.15) is 0 Å². The Balaban J connectivity index is 1.94. The molecule has 2 aromatic rings. The van der Waals surface area contributed by atoms with E-state index in [1.807, 2.05) is 36.4 Å². The molecular formula is C15H12BrClN2O. The summed E-state index contributed by atoms with van der Waals surface area (Å²) < 4.78 is 0.824. The van der Waals surface area contributed by atoms with Crippen LogP contribution < -0.4 is 11.1 Å². The van der Waals surface area contributed by atoms with E-state index < -0.39 is 0 Å². The third kappa shape index (κ3) is 2.46. The average molecular weight is 352 g/mol. The quantitative estimate of drug-likeness (QED) is 0.868. The van der Waals surface area contributed by atoms with Crippen molar-refractivity contribution < 1.29 is 4.79 Å². The van der Waals surface area contributed by atoms with Crippen molar-refractivity contribution in [2.45, 2.75) is 12.5 Å². The largest absolute Gasteiger partial charge is 0.326 e. The Hall–Kier alpha value is -1.36. The number of nitrogens with one attached hydrogen (secondary N) is 1. The second-order valence-electron chi connectivity index (χ2n) is 4.79. The number of benzene rings is 2. The van der Waals surface area contributed by atoms with Gasteiger partial charge in [-0.3, -0.25) is 4.79 Å². The zero-order valence-electron chi connectivity index (χ0n) is 10.5. The summed E-state index contributed by atoms with van der Waals surface area (Å²) in [5.74, 6) is 0.0277. The summed E-state index contributed by atoms with van der Waals surface area (Å²) in [5.41, 5.74) is 10.1. The first-order chi connectivity index (χ1) is 9.54. The smallest absolute Gasteiger partial charge is 0.228 e. The zero-order chi connectivity index (χ0) is 14.3. The normalized spacial score (nSPS) is 14.8. The van der Waals surface area contributed by atoms with Crippen molar-refractivity contribution in [3.8, 4) is 0 Å². The Kier molecular flexibility index (Phi) is 3.54. The highest BCUT2D eigenvalue weighted by atomic mass is 79.9. The number of anilines is 1. The fraction of sp³-hybridized carbons (Fsp3) is 0.133. The van der Waals surface area contributed by atoms with Gasteiger partial charge in [0.15, 0.2) is 0 Å². The van der Waals surface area contributed by atoms with Gasteiger partial charge < -0.3 is 11.1 Å². The molecule has 1 aliphatic rings. The average Bonchev–Trinajstić information content (AvgIpc) is 2.80.